The summed E-state index contributed by atoms with van der Waals surface area (Å²) in [6, 6.07) is 7.65. The molecule has 0 aliphatic rings. The van der Waals surface area contributed by atoms with E-state index in [-0.39, 0.29) is 5.91 Å². The van der Waals surface area contributed by atoms with Crippen LogP contribution in [0, 0.1) is 0 Å². The first kappa shape index (κ1) is 11.3. The third-order valence-corrected chi connectivity index (χ3v) is 2.56. The van der Waals surface area contributed by atoms with Crippen molar-refractivity contribution in [2.45, 2.75) is 13.8 Å². The van der Waals surface area contributed by atoms with Gasteiger partial charge in [0.2, 0.25) is 5.91 Å². The maximum absolute atomic E-state index is 11.4. The van der Waals surface area contributed by atoms with Gasteiger partial charge in [0.15, 0.2) is 5.82 Å². The first-order valence-corrected chi connectivity index (χ1v) is 5.46. The summed E-state index contributed by atoms with van der Waals surface area (Å²) in [4.78, 5) is 17.2. The Labute approximate surface area is 99.5 Å². The SMILES string of the molecule is CCN(C(C)=O)c1ccc(-c2ncn[nH]2)cc1. The monoisotopic (exact) mass is 230 g/mol. The molecule has 1 amide bonds. The summed E-state index contributed by atoms with van der Waals surface area (Å²) in [5.41, 5.74) is 1.84. The van der Waals surface area contributed by atoms with Gasteiger partial charge >= 0.3 is 0 Å². The van der Waals surface area contributed by atoms with E-state index in [2.05, 4.69) is 15.2 Å². The van der Waals surface area contributed by atoms with Crippen LogP contribution in [0.5, 0.6) is 0 Å². The van der Waals surface area contributed by atoms with Gasteiger partial charge in [-0.1, -0.05) is 0 Å². The third kappa shape index (κ3) is 2.33. The molecule has 0 saturated carbocycles. The van der Waals surface area contributed by atoms with Gasteiger partial charge < -0.3 is 4.90 Å². The van der Waals surface area contributed by atoms with Crippen LogP contribution in [0.15, 0.2) is 30.6 Å². The number of anilines is 1. The fourth-order valence-corrected chi connectivity index (χ4v) is 1.73. The van der Waals surface area contributed by atoms with E-state index in [1.54, 1.807) is 11.8 Å². The molecule has 1 aromatic carbocycles. The van der Waals surface area contributed by atoms with Crippen LogP contribution in [0.2, 0.25) is 0 Å². The van der Waals surface area contributed by atoms with Gasteiger partial charge in [0.05, 0.1) is 0 Å². The average Bonchev–Trinajstić information content (AvgIpc) is 2.84. The molecule has 0 saturated heterocycles. The number of aromatic nitrogens is 3. The van der Waals surface area contributed by atoms with Crippen molar-refractivity contribution in [3.8, 4) is 11.4 Å². The Morgan fingerprint density at radius 1 is 1.35 bits per heavy atom. The number of rotatable bonds is 3. The number of nitrogens with zero attached hydrogens (tertiary/aromatic N) is 3. The summed E-state index contributed by atoms with van der Waals surface area (Å²) in [5, 5.41) is 6.60. The van der Waals surface area contributed by atoms with E-state index in [9.17, 15) is 4.79 Å². The summed E-state index contributed by atoms with van der Waals surface area (Å²) in [7, 11) is 0. The summed E-state index contributed by atoms with van der Waals surface area (Å²) < 4.78 is 0. The number of nitrogens with one attached hydrogen (secondary N) is 1. The smallest absolute Gasteiger partial charge is 0.223 e. The minimum atomic E-state index is 0.0416. The van der Waals surface area contributed by atoms with Gasteiger partial charge in [-0.3, -0.25) is 9.89 Å². The molecule has 5 heteroatoms. The average molecular weight is 230 g/mol. The van der Waals surface area contributed by atoms with Gasteiger partial charge in [-0.05, 0) is 31.2 Å². The molecule has 1 N–H and O–H groups in total. The van der Waals surface area contributed by atoms with Crippen molar-refractivity contribution >= 4 is 11.6 Å². The van der Waals surface area contributed by atoms with E-state index in [4.69, 9.17) is 0 Å². The lowest BCUT2D eigenvalue weighted by Gasteiger charge is -2.18. The molecule has 0 aliphatic heterocycles. The summed E-state index contributed by atoms with van der Waals surface area (Å²) in [5.74, 6) is 0.766. The molecular weight excluding hydrogens is 216 g/mol. The number of carbonyl (C=O) groups excluding carboxylic acids is 1. The predicted molar refractivity (Wildman–Crippen MR) is 65.5 cm³/mol. The minimum absolute atomic E-state index is 0.0416. The van der Waals surface area contributed by atoms with Gasteiger partial charge in [-0.2, -0.15) is 5.10 Å². The zero-order valence-corrected chi connectivity index (χ0v) is 9.84. The molecule has 1 aromatic heterocycles. The first-order valence-electron chi connectivity index (χ1n) is 5.46. The van der Waals surface area contributed by atoms with Crippen LogP contribution in [0.25, 0.3) is 11.4 Å². The second kappa shape index (κ2) is 4.78. The van der Waals surface area contributed by atoms with Crippen LogP contribution in [0.4, 0.5) is 5.69 Å². The van der Waals surface area contributed by atoms with Crippen molar-refractivity contribution < 1.29 is 4.79 Å². The number of carbonyl (C=O) groups is 1. The van der Waals surface area contributed by atoms with Gasteiger partial charge in [0.1, 0.15) is 6.33 Å². The number of amides is 1. The van der Waals surface area contributed by atoms with E-state index in [1.165, 1.54) is 6.33 Å². The van der Waals surface area contributed by atoms with Crippen LogP contribution in [0.3, 0.4) is 0 Å². The summed E-state index contributed by atoms with van der Waals surface area (Å²) in [6.07, 6.45) is 1.47. The van der Waals surface area contributed by atoms with Crippen molar-refractivity contribution in [1.29, 1.82) is 0 Å². The second-order valence-electron chi connectivity index (χ2n) is 3.64. The van der Waals surface area contributed by atoms with Crippen molar-refractivity contribution in [1.82, 2.24) is 15.2 Å². The fourth-order valence-electron chi connectivity index (χ4n) is 1.73. The molecule has 0 spiro atoms. The normalized spacial score (nSPS) is 10.2. The van der Waals surface area contributed by atoms with Crippen LogP contribution in [-0.4, -0.2) is 27.6 Å². The number of hydrogen-bond acceptors (Lipinski definition) is 3. The molecule has 1 heterocycles. The molecule has 0 aliphatic carbocycles. The highest BCUT2D eigenvalue weighted by molar-refractivity contribution is 5.91. The van der Waals surface area contributed by atoms with E-state index >= 15 is 0 Å². The molecule has 0 atom stereocenters. The Hall–Kier alpha value is -2.17. The van der Waals surface area contributed by atoms with Gasteiger partial charge in [-0.15, -0.1) is 0 Å². The van der Waals surface area contributed by atoms with E-state index in [0.29, 0.717) is 6.54 Å². The molecule has 2 aromatic rings. The Balaban J connectivity index is 2.26. The third-order valence-electron chi connectivity index (χ3n) is 2.56. The number of benzene rings is 1. The van der Waals surface area contributed by atoms with Crippen molar-refractivity contribution in [2.24, 2.45) is 0 Å². The van der Waals surface area contributed by atoms with Crippen LogP contribution >= 0.6 is 0 Å². The highest BCUT2D eigenvalue weighted by atomic mass is 16.2. The fraction of sp³-hybridized carbons (Fsp3) is 0.250. The van der Waals surface area contributed by atoms with E-state index in [0.717, 1.165) is 17.1 Å². The molecule has 0 unspecified atom stereocenters. The van der Waals surface area contributed by atoms with Gasteiger partial charge in [-0.25, -0.2) is 4.98 Å². The van der Waals surface area contributed by atoms with Crippen LogP contribution in [0.1, 0.15) is 13.8 Å². The standard InChI is InChI=1S/C12H14N4O/c1-3-16(9(2)17)11-6-4-10(5-7-11)12-13-8-14-15-12/h4-8H,3H2,1-2H3,(H,13,14,15). The zero-order valence-electron chi connectivity index (χ0n) is 9.84. The Kier molecular flexibility index (Phi) is 3.18. The lowest BCUT2D eigenvalue weighted by molar-refractivity contribution is -0.116. The van der Waals surface area contributed by atoms with Gasteiger partial charge in [0, 0.05) is 24.7 Å². The largest absolute Gasteiger partial charge is 0.313 e. The summed E-state index contributed by atoms with van der Waals surface area (Å²) in [6.45, 7) is 4.18. The van der Waals surface area contributed by atoms with Crippen molar-refractivity contribution in [3.63, 3.8) is 0 Å². The molecule has 17 heavy (non-hydrogen) atoms. The van der Waals surface area contributed by atoms with Gasteiger partial charge in [0.25, 0.3) is 0 Å². The molecular formula is C12H14N4O. The molecule has 0 fully saturated rings. The van der Waals surface area contributed by atoms with E-state index < -0.39 is 0 Å². The van der Waals surface area contributed by atoms with Crippen molar-refractivity contribution in [2.75, 3.05) is 11.4 Å². The minimum Gasteiger partial charge on any atom is -0.313 e. The van der Waals surface area contributed by atoms with E-state index in [1.807, 2.05) is 31.2 Å². The zero-order chi connectivity index (χ0) is 12.3. The lowest BCUT2D eigenvalue weighted by atomic mass is 10.2. The first-order chi connectivity index (χ1) is 8.22. The number of hydrogen-bond donors (Lipinski definition) is 1. The van der Waals surface area contributed by atoms with Crippen LogP contribution < -0.4 is 4.90 Å². The van der Waals surface area contributed by atoms with Crippen LogP contribution in [-0.2, 0) is 4.79 Å². The molecule has 5 nitrogen and oxygen atoms in total. The van der Waals surface area contributed by atoms with Crippen molar-refractivity contribution in [3.05, 3.63) is 30.6 Å². The lowest BCUT2D eigenvalue weighted by Crippen LogP contribution is -2.27. The molecule has 88 valence electrons. The maximum Gasteiger partial charge on any atom is 0.223 e. The Morgan fingerprint density at radius 3 is 2.53 bits per heavy atom. The molecule has 0 radical (unpaired) electrons. The Morgan fingerprint density at radius 2 is 2.06 bits per heavy atom. The maximum atomic E-state index is 11.4. The molecule has 0 bridgehead atoms. The molecule has 2 rings (SSSR count). The quantitative estimate of drug-likeness (QED) is 0.875. The summed E-state index contributed by atoms with van der Waals surface area (Å²) >= 11 is 0. The topological polar surface area (TPSA) is 61.9 Å². The Bertz CT molecular complexity index is 490. The number of H-pyrrole nitrogens is 1. The predicted octanol–water partition coefficient (Wildman–Crippen LogP) is 1.84. The number of aromatic amines is 1. The second-order valence-corrected chi connectivity index (χ2v) is 3.64. The highest BCUT2D eigenvalue weighted by Gasteiger charge is 2.09. The highest BCUT2D eigenvalue weighted by Crippen LogP contribution is 2.20.